The van der Waals surface area contributed by atoms with Crippen molar-refractivity contribution in [2.24, 2.45) is 0 Å². The van der Waals surface area contributed by atoms with Gasteiger partial charge in [-0.05, 0) is 24.5 Å². The van der Waals surface area contributed by atoms with E-state index in [0.717, 1.165) is 5.56 Å². The highest BCUT2D eigenvalue weighted by Gasteiger charge is 2.45. The minimum atomic E-state index is -0.875. The monoisotopic (exact) mass is 404 g/mol. The summed E-state index contributed by atoms with van der Waals surface area (Å²) in [6.45, 7) is 2.00. The molecule has 0 bridgehead atoms. The highest BCUT2D eigenvalue weighted by atomic mass is 16.6. The van der Waals surface area contributed by atoms with Crippen LogP contribution < -0.4 is 0 Å². The fourth-order valence-electron chi connectivity index (χ4n) is 3.63. The van der Waals surface area contributed by atoms with Gasteiger partial charge in [-0.15, -0.1) is 0 Å². The lowest BCUT2D eigenvalue weighted by Crippen LogP contribution is -2.38. The van der Waals surface area contributed by atoms with Crippen molar-refractivity contribution in [3.8, 4) is 0 Å². The van der Waals surface area contributed by atoms with Gasteiger partial charge in [0.05, 0.1) is 31.7 Å². The molecule has 0 spiro atoms. The van der Waals surface area contributed by atoms with E-state index in [1.165, 1.54) is 13.2 Å². The molecule has 5 atom stereocenters. The second-order valence-corrected chi connectivity index (χ2v) is 7.35. The smallest absolute Gasteiger partial charge is 0.302 e. The number of Topliss-reactive ketones (excluding diaryl/α,β-unsaturated/α-hetero) is 1. The third-order valence-corrected chi connectivity index (χ3v) is 5.12. The molecule has 7 nitrogen and oxygen atoms in total. The number of esters is 1. The maximum Gasteiger partial charge on any atom is 0.302 e. The van der Waals surface area contributed by atoms with Gasteiger partial charge in [0.2, 0.25) is 0 Å². The van der Waals surface area contributed by atoms with E-state index in [9.17, 15) is 14.7 Å². The first-order valence-electron chi connectivity index (χ1n) is 10.00. The zero-order chi connectivity index (χ0) is 20.6. The van der Waals surface area contributed by atoms with E-state index in [1.807, 2.05) is 30.3 Å². The highest BCUT2D eigenvalue weighted by molar-refractivity contribution is 5.85. The van der Waals surface area contributed by atoms with Crippen LogP contribution in [0.15, 0.2) is 42.7 Å². The van der Waals surface area contributed by atoms with Crippen molar-refractivity contribution in [2.45, 2.75) is 69.7 Å². The summed E-state index contributed by atoms with van der Waals surface area (Å²) in [6.07, 6.45) is 2.01. The first-order chi connectivity index (χ1) is 14.0. The third-order valence-electron chi connectivity index (χ3n) is 5.12. The quantitative estimate of drug-likeness (QED) is 0.499. The van der Waals surface area contributed by atoms with Gasteiger partial charge in [0.25, 0.3) is 0 Å². The summed E-state index contributed by atoms with van der Waals surface area (Å²) in [4.78, 5) is 23.0. The number of carbonyl (C=O) groups excluding carboxylic acids is 2. The number of aliphatic hydroxyl groups is 1. The number of aliphatic hydroxyl groups excluding tert-OH is 1. The summed E-state index contributed by atoms with van der Waals surface area (Å²) in [5.41, 5.74) is 0.998. The van der Waals surface area contributed by atoms with Crippen molar-refractivity contribution in [3.05, 3.63) is 48.2 Å². The molecule has 158 valence electrons. The van der Waals surface area contributed by atoms with Crippen molar-refractivity contribution in [1.29, 1.82) is 0 Å². The third kappa shape index (κ3) is 6.13. The van der Waals surface area contributed by atoms with Crippen molar-refractivity contribution in [2.75, 3.05) is 6.61 Å². The molecule has 0 radical (unpaired) electrons. The van der Waals surface area contributed by atoms with Crippen LogP contribution in [-0.2, 0) is 35.1 Å². The predicted molar refractivity (Wildman–Crippen MR) is 104 cm³/mol. The normalized spacial score (nSPS) is 28.9. The SMILES string of the molecule is CC(=O)OCCCC1OC(CC2OC=CCC2=O)C(O)[C@H]1OCc1ccccc1. The number of rotatable bonds is 9. The standard InChI is InChI=1S/C22H28O7/c1-15(23)26-11-6-10-18-22(28-14-16-7-3-2-4-8-16)21(25)20(29-18)13-19-17(24)9-5-12-27-19/h2-5,7-8,12,18-22,25H,6,9-11,13-14H2,1H3/t18?,19?,20?,21?,22-/m0/s1. The van der Waals surface area contributed by atoms with Crippen LogP contribution in [0, 0.1) is 0 Å². The summed E-state index contributed by atoms with van der Waals surface area (Å²) in [5.74, 6) is -0.350. The Morgan fingerprint density at radius 1 is 1.24 bits per heavy atom. The fourth-order valence-corrected chi connectivity index (χ4v) is 3.63. The van der Waals surface area contributed by atoms with E-state index in [2.05, 4.69) is 0 Å². The number of hydrogen-bond acceptors (Lipinski definition) is 7. The van der Waals surface area contributed by atoms with E-state index in [1.54, 1.807) is 6.08 Å². The van der Waals surface area contributed by atoms with Gasteiger partial charge in [0.15, 0.2) is 11.9 Å². The fraction of sp³-hybridized carbons (Fsp3) is 0.545. The second kappa shape index (κ2) is 10.5. The number of ether oxygens (including phenoxy) is 4. The van der Waals surface area contributed by atoms with Crippen LogP contribution in [0.25, 0.3) is 0 Å². The lowest BCUT2D eigenvalue weighted by Gasteiger charge is -2.23. The molecule has 1 saturated heterocycles. The van der Waals surface area contributed by atoms with Crippen LogP contribution in [0.2, 0.25) is 0 Å². The zero-order valence-corrected chi connectivity index (χ0v) is 16.6. The minimum absolute atomic E-state index is 0.0247. The number of carbonyl (C=O) groups is 2. The molecule has 2 heterocycles. The van der Waals surface area contributed by atoms with Crippen molar-refractivity contribution in [1.82, 2.24) is 0 Å². The highest BCUT2D eigenvalue weighted by Crippen LogP contribution is 2.31. The zero-order valence-electron chi connectivity index (χ0n) is 16.6. The topological polar surface area (TPSA) is 91.3 Å². The second-order valence-electron chi connectivity index (χ2n) is 7.35. The first-order valence-corrected chi connectivity index (χ1v) is 10.00. The Bertz CT molecular complexity index is 702. The van der Waals surface area contributed by atoms with Crippen LogP contribution >= 0.6 is 0 Å². The molecule has 0 saturated carbocycles. The van der Waals surface area contributed by atoms with E-state index in [-0.39, 0.29) is 30.9 Å². The molecule has 1 N–H and O–H groups in total. The number of hydrogen-bond donors (Lipinski definition) is 1. The number of ketones is 1. The summed E-state index contributed by atoms with van der Waals surface area (Å²) in [7, 11) is 0. The molecule has 4 unspecified atom stereocenters. The Kier molecular flexibility index (Phi) is 7.80. The van der Waals surface area contributed by atoms with Crippen molar-refractivity contribution in [3.63, 3.8) is 0 Å². The molecule has 2 aliphatic rings. The molecule has 3 rings (SSSR count). The summed E-state index contributed by atoms with van der Waals surface area (Å²) in [5, 5.41) is 10.8. The Balaban J connectivity index is 1.61. The van der Waals surface area contributed by atoms with Crippen LogP contribution in [0.1, 0.15) is 38.2 Å². The molecule has 0 aromatic heterocycles. The average Bonchev–Trinajstić information content (AvgIpc) is 3.01. The molecule has 1 aromatic carbocycles. The molecule has 2 aliphatic heterocycles. The van der Waals surface area contributed by atoms with Crippen LogP contribution in [-0.4, -0.2) is 54.0 Å². The number of benzene rings is 1. The maximum absolute atomic E-state index is 12.0. The van der Waals surface area contributed by atoms with E-state index >= 15 is 0 Å². The van der Waals surface area contributed by atoms with E-state index < -0.39 is 24.4 Å². The lowest BCUT2D eigenvalue weighted by molar-refractivity contribution is -0.141. The average molecular weight is 404 g/mol. The minimum Gasteiger partial charge on any atom is -0.490 e. The molecular weight excluding hydrogens is 376 g/mol. The van der Waals surface area contributed by atoms with Crippen LogP contribution in [0.5, 0.6) is 0 Å². The first kappa shape index (κ1) is 21.5. The molecule has 1 fully saturated rings. The summed E-state index contributed by atoms with van der Waals surface area (Å²) < 4.78 is 22.5. The van der Waals surface area contributed by atoms with E-state index in [4.69, 9.17) is 18.9 Å². The lowest BCUT2D eigenvalue weighted by atomic mass is 9.98. The Labute approximate surface area is 170 Å². The van der Waals surface area contributed by atoms with Crippen molar-refractivity contribution >= 4 is 11.8 Å². The van der Waals surface area contributed by atoms with Gasteiger partial charge in [-0.25, -0.2) is 0 Å². The van der Waals surface area contributed by atoms with Gasteiger partial charge in [-0.2, -0.15) is 0 Å². The molecular formula is C22H28O7. The summed E-state index contributed by atoms with van der Waals surface area (Å²) in [6, 6.07) is 9.70. The number of allylic oxidation sites excluding steroid dienone is 1. The summed E-state index contributed by atoms with van der Waals surface area (Å²) >= 11 is 0. The molecule has 1 aromatic rings. The van der Waals surface area contributed by atoms with Crippen LogP contribution in [0.4, 0.5) is 0 Å². The van der Waals surface area contributed by atoms with Gasteiger partial charge in [0.1, 0.15) is 12.2 Å². The van der Waals surface area contributed by atoms with E-state index in [0.29, 0.717) is 25.9 Å². The molecule has 29 heavy (non-hydrogen) atoms. The predicted octanol–water partition coefficient (Wildman–Crippen LogP) is 2.31. The Morgan fingerprint density at radius 3 is 2.76 bits per heavy atom. The molecule has 7 heteroatoms. The molecule has 0 aliphatic carbocycles. The van der Waals surface area contributed by atoms with Gasteiger partial charge >= 0.3 is 5.97 Å². The largest absolute Gasteiger partial charge is 0.490 e. The Hall–Kier alpha value is -2.22. The van der Waals surface area contributed by atoms with Gasteiger partial charge in [0, 0.05) is 19.8 Å². The Morgan fingerprint density at radius 2 is 2.03 bits per heavy atom. The van der Waals surface area contributed by atoms with Crippen molar-refractivity contribution < 1.29 is 33.6 Å². The van der Waals surface area contributed by atoms with Gasteiger partial charge in [-0.3, -0.25) is 9.59 Å². The molecule has 0 amide bonds. The van der Waals surface area contributed by atoms with Gasteiger partial charge in [-0.1, -0.05) is 30.3 Å². The van der Waals surface area contributed by atoms with Crippen LogP contribution in [0.3, 0.4) is 0 Å². The van der Waals surface area contributed by atoms with Gasteiger partial charge < -0.3 is 24.1 Å². The maximum atomic E-state index is 12.0.